The number of rotatable bonds is 6. The van der Waals surface area contributed by atoms with Gasteiger partial charge in [-0.1, -0.05) is 12.1 Å². The summed E-state index contributed by atoms with van der Waals surface area (Å²) < 4.78 is 17.9. The number of phenols is 1. The molecule has 1 atom stereocenters. The van der Waals surface area contributed by atoms with Crippen molar-refractivity contribution >= 4 is 11.9 Å². The molecule has 5 nitrogen and oxygen atoms in total. The second-order valence-corrected chi connectivity index (χ2v) is 5.26. The zero-order valence-corrected chi connectivity index (χ0v) is 13.2. The van der Waals surface area contributed by atoms with Crippen molar-refractivity contribution in [2.24, 2.45) is 0 Å². The predicted molar refractivity (Wildman–Crippen MR) is 86.1 cm³/mol. The van der Waals surface area contributed by atoms with E-state index in [2.05, 4.69) is 5.32 Å². The van der Waals surface area contributed by atoms with E-state index in [1.54, 1.807) is 12.1 Å². The minimum Gasteiger partial charge on any atom is -0.508 e. The average Bonchev–Trinajstić information content (AvgIpc) is 2.57. The third-order valence-corrected chi connectivity index (χ3v) is 3.38. The van der Waals surface area contributed by atoms with Crippen LogP contribution < -0.4 is 5.32 Å². The van der Waals surface area contributed by atoms with Crippen molar-refractivity contribution in [1.82, 2.24) is 5.32 Å². The molecule has 2 aromatic carbocycles. The summed E-state index contributed by atoms with van der Waals surface area (Å²) in [5, 5.41) is 11.8. The lowest BCUT2D eigenvalue weighted by Gasteiger charge is -2.13. The van der Waals surface area contributed by atoms with E-state index in [9.17, 15) is 19.1 Å². The number of ether oxygens (including phenoxy) is 1. The quantitative estimate of drug-likeness (QED) is 0.797. The first kappa shape index (κ1) is 17.5. The van der Waals surface area contributed by atoms with Crippen LogP contribution in [0.15, 0.2) is 48.5 Å². The monoisotopic (exact) mass is 331 g/mol. The molecule has 2 N–H and O–H groups in total. The Balaban J connectivity index is 1.78. The van der Waals surface area contributed by atoms with Gasteiger partial charge in [-0.2, -0.15) is 0 Å². The van der Waals surface area contributed by atoms with Crippen LogP contribution >= 0.6 is 0 Å². The zero-order valence-electron chi connectivity index (χ0n) is 13.2. The van der Waals surface area contributed by atoms with Gasteiger partial charge in [-0.3, -0.25) is 4.79 Å². The molecular weight excluding hydrogens is 313 g/mol. The molecule has 0 fully saturated rings. The van der Waals surface area contributed by atoms with Crippen molar-refractivity contribution < 1.29 is 23.8 Å². The smallest absolute Gasteiger partial charge is 0.338 e. The van der Waals surface area contributed by atoms with Gasteiger partial charge in [-0.15, -0.1) is 0 Å². The maximum absolute atomic E-state index is 12.8. The minimum atomic E-state index is -0.945. The van der Waals surface area contributed by atoms with E-state index >= 15 is 0 Å². The first-order valence-corrected chi connectivity index (χ1v) is 7.48. The number of nitrogens with one attached hydrogen (secondary N) is 1. The van der Waals surface area contributed by atoms with Crippen LogP contribution in [-0.2, 0) is 16.0 Å². The molecule has 0 aliphatic heterocycles. The Morgan fingerprint density at radius 3 is 2.38 bits per heavy atom. The largest absolute Gasteiger partial charge is 0.508 e. The molecule has 0 aliphatic rings. The molecule has 2 aromatic rings. The molecule has 0 spiro atoms. The summed E-state index contributed by atoms with van der Waals surface area (Å²) in [6.45, 7) is 1.83. The van der Waals surface area contributed by atoms with Crippen molar-refractivity contribution in [3.8, 4) is 5.75 Å². The van der Waals surface area contributed by atoms with Crippen LogP contribution in [-0.4, -0.2) is 29.6 Å². The Morgan fingerprint density at radius 2 is 1.75 bits per heavy atom. The van der Waals surface area contributed by atoms with Crippen LogP contribution in [0.25, 0.3) is 0 Å². The Bertz CT molecular complexity index is 698. The highest BCUT2D eigenvalue weighted by atomic mass is 19.1. The summed E-state index contributed by atoms with van der Waals surface area (Å²) in [6.07, 6.45) is -0.399. The molecular formula is C18H18FNO4. The lowest BCUT2D eigenvalue weighted by molar-refractivity contribution is -0.129. The van der Waals surface area contributed by atoms with Crippen LogP contribution in [0.3, 0.4) is 0 Å². The number of amides is 1. The van der Waals surface area contributed by atoms with E-state index in [0.29, 0.717) is 13.0 Å². The van der Waals surface area contributed by atoms with Crippen LogP contribution in [0.1, 0.15) is 22.8 Å². The van der Waals surface area contributed by atoms with Crippen molar-refractivity contribution in [3.63, 3.8) is 0 Å². The van der Waals surface area contributed by atoms with Gasteiger partial charge in [0.25, 0.3) is 5.91 Å². The third-order valence-electron chi connectivity index (χ3n) is 3.38. The van der Waals surface area contributed by atoms with Crippen LogP contribution in [0.5, 0.6) is 5.75 Å². The summed E-state index contributed by atoms with van der Waals surface area (Å²) in [6, 6.07) is 11.6. The molecule has 126 valence electrons. The van der Waals surface area contributed by atoms with E-state index < -0.39 is 18.0 Å². The first-order chi connectivity index (χ1) is 11.5. The number of benzene rings is 2. The highest BCUT2D eigenvalue weighted by Crippen LogP contribution is 2.11. The molecule has 1 amide bonds. The second kappa shape index (κ2) is 8.10. The lowest BCUT2D eigenvalue weighted by Crippen LogP contribution is -2.36. The normalized spacial score (nSPS) is 11.6. The number of halogens is 1. The van der Waals surface area contributed by atoms with Gasteiger partial charge in [0.1, 0.15) is 11.6 Å². The van der Waals surface area contributed by atoms with Gasteiger partial charge in [-0.25, -0.2) is 9.18 Å². The standard InChI is InChI=1S/C18H18FNO4/c1-12(24-18(23)14-4-8-16(21)9-5-14)17(22)20-11-10-13-2-6-15(19)7-3-13/h2-9,12,21H,10-11H2,1H3,(H,20,22)/t12-/m1/s1. The number of aromatic hydroxyl groups is 1. The topological polar surface area (TPSA) is 75.6 Å². The number of hydrogen-bond donors (Lipinski definition) is 2. The predicted octanol–water partition coefficient (Wildman–Crippen LogP) is 2.44. The molecule has 0 aromatic heterocycles. The van der Waals surface area contributed by atoms with Gasteiger partial charge in [0.15, 0.2) is 6.10 Å². The average molecular weight is 331 g/mol. The zero-order chi connectivity index (χ0) is 17.5. The molecule has 6 heteroatoms. The van der Waals surface area contributed by atoms with E-state index in [-0.39, 0.29) is 17.1 Å². The van der Waals surface area contributed by atoms with E-state index in [0.717, 1.165) is 5.56 Å². The van der Waals surface area contributed by atoms with Gasteiger partial charge in [0.2, 0.25) is 0 Å². The Morgan fingerprint density at radius 1 is 1.12 bits per heavy atom. The summed E-state index contributed by atoms with van der Waals surface area (Å²) >= 11 is 0. The number of phenolic OH excluding ortho intramolecular Hbond substituents is 1. The van der Waals surface area contributed by atoms with Crippen molar-refractivity contribution in [1.29, 1.82) is 0 Å². The van der Waals surface area contributed by atoms with E-state index in [1.165, 1.54) is 43.3 Å². The Kier molecular flexibility index (Phi) is 5.89. The summed E-state index contributed by atoms with van der Waals surface area (Å²) in [5.41, 5.74) is 1.14. The minimum absolute atomic E-state index is 0.0399. The molecule has 0 radical (unpaired) electrons. The molecule has 0 saturated heterocycles. The summed E-state index contributed by atoms with van der Waals surface area (Å²) in [7, 11) is 0. The molecule has 24 heavy (non-hydrogen) atoms. The Labute approximate surface area is 139 Å². The second-order valence-electron chi connectivity index (χ2n) is 5.26. The summed E-state index contributed by atoms with van der Waals surface area (Å²) in [5.74, 6) is -1.32. The third kappa shape index (κ3) is 5.08. The fourth-order valence-electron chi connectivity index (χ4n) is 2.00. The van der Waals surface area contributed by atoms with Crippen LogP contribution in [0.4, 0.5) is 4.39 Å². The van der Waals surface area contributed by atoms with Gasteiger partial charge in [0.05, 0.1) is 5.56 Å². The van der Waals surface area contributed by atoms with Gasteiger partial charge < -0.3 is 15.2 Å². The first-order valence-electron chi connectivity index (χ1n) is 7.48. The van der Waals surface area contributed by atoms with Crippen LogP contribution in [0.2, 0.25) is 0 Å². The van der Waals surface area contributed by atoms with Crippen molar-refractivity contribution in [3.05, 3.63) is 65.5 Å². The van der Waals surface area contributed by atoms with Crippen LogP contribution in [0, 0.1) is 5.82 Å². The number of carbonyl (C=O) groups is 2. The molecule has 0 aliphatic carbocycles. The van der Waals surface area contributed by atoms with Gasteiger partial charge >= 0.3 is 5.97 Å². The van der Waals surface area contributed by atoms with Crippen molar-refractivity contribution in [2.75, 3.05) is 6.54 Å². The molecule has 2 rings (SSSR count). The number of esters is 1. The molecule has 0 saturated carbocycles. The van der Waals surface area contributed by atoms with Crippen molar-refractivity contribution in [2.45, 2.75) is 19.4 Å². The maximum Gasteiger partial charge on any atom is 0.338 e. The van der Waals surface area contributed by atoms with Gasteiger partial charge in [-0.05, 0) is 55.3 Å². The fraction of sp³-hybridized carbons (Fsp3) is 0.222. The number of hydrogen-bond acceptors (Lipinski definition) is 4. The maximum atomic E-state index is 12.8. The lowest BCUT2D eigenvalue weighted by atomic mass is 10.1. The van der Waals surface area contributed by atoms with E-state index in [1.807, 2.05) is 0 Å². The SMILES string of the molecule is C[C@@H](OC(=O)c1ccc(O)cc1)C(=O)NCCc1ccc(F)cc1. The Hall–Kier alpha value is -2.89. The fourth-order valence-corrected chi connectivity index (χ4v) is 2.00. The van der Waals surface area contributed by atoms with Gasteiger partial charge in [0, 0.05) is 6.54 Å². The molecule has 0 unspecified atom stereocenters. The summed E-state index contributed by atoms with van der Waals surface area (Å²) in [4.78, 5) is 23.8. The van der Waals surface area contributed by atoms with E-state index in [4.69, 9.17) is 4.74 Å². The number of carbonyl (C=O) groups excluding carboxylic acids is 2. The highest BCUT2D eigenvalue weighted by Gasteiger charge is 2.18. The highest BCUT2D eigenvalue weighted by molar-refractivity contribution is 5.92. The molecule has 0 heterocycles. The molecule has 0 bridgehead atoms.